The van der Waals surface area contributed by atoms with Gasteiger partial charge >= 0.3 is 19.5 Å². The maximum absolute atomic E-state index is 12.0. The number of unbranched alkanes of at least 4 members (excludes halogenated alkanes) is 28. The van der Waals surface area contributed by atoms with Gasteiger partial charge in [-0.25, -0.2) is 0 Å². The molecule has 2 nitrogen and oxygen atoms in total. The van der Waals surface area contributed by atoms with Crippen LogP contribution in [0.25, 0.3) is 0 Å². The van der Waals surface area contributed by atoms with E-state index in [1.807, 2.05) is 12.1 Å². The predicted molar refractivity (Wildman–Crippen MR) is 206 cm³/mol. The van der Waals surface area contributed by atoms with Gasteiger partial charge in [0.05, 0.1) is 0 Å². The zero-order valence-corrected chi connectivity index (χ0v) is 36.1. The summed E-state index contributed by atoms with van der Waals surface area (Å²) in [6, 6.07) is 6.37. The molecule has 0 radical (unpaired) electrons. The molecule has 0 saturated heterocycles. The van der Waals surface area contributed by atoms with Crippen LogP contribution in [0.3, 0.4) is 0 Å². The Labute approximate surface area is 312 Å². The van der Waals surface area contributed by atoms with Crippen LogP contribution in [0.15, 0.2) is 18.2 Å². The summed E-state index contributed by atoms with van der Waals surface area (Å²) in [5.74, 6) is 0.609. The van der Waals surface area contributed by atoms with Gasteiger partial charge in [0, 0.05) is 0 Å². The maximum atomic E-state index is 12.0. The van der Waals surface area contributed by atoms with E-state index in [9.17, 15) is 4.89 Å². The molecule has 1 rings (SSSR count). The second kappa shape index (κ2) is 34.2. The summed E-state index contributed by atoms with van der Waals surface area (Å²) < 4.78 is 5.53. The molecule has 1 aromatic rings. The minimum absolute atomic E-state index is 0. The van der Waals surface area contributed by atoms with Crippen molar-refractivity contribution >= 4 is 30.6 Å². The van der Waals surface area contributed by atoms with Gasteiger partial charge in [-0.2, -0.15) is 0 Å². The normalized spacial score (nSPS) is 11.6. The van der Waals surface area contributed by atoms with E-state index in [4.69, 9.17) is 29.0 Å². The summed E-state index contributed by atoms with van der Waals surface area (Å²) >= 11 is 9.83. The zero-order chi connectivity index (χ0) is 32.7. The molecule has 0 aromatic heterocycles. The van der Waals surface area contributed by atoms with Gasteiger partial charge in [-0.15, -0.1) is 6.12 Å². The average molecular weight is 747 g/mol. The Kier molecular flexibility index (Phi) is 34.7. The quantitative estimate of drug-likeness (QED) is 0.0304. The molecule has 0 aliphatic rings. The van der Waals surface area contributed by atoms with Gasteiger partial charge in [0.1, 0.15) is 0 Å². The largest absolute Gasteiger partial charge is 2.00 e. The van der Waals surface area contributed by atoms with Crippen LogP contribution in [0.1, 0.15) is 218 Å². The predicted octanol–water partition coefficient (Wildman–Crippen LogP) is 14.0. The third kappa shape index (κ3) is 32.0. The Morgan fingerprint density at radius 2 is 0.674 bits per heavy atom. The standard InChI is InChI=1S/C40H75O2PS2.Zn/c1-3-5-7-9-11-13-15-17-19-21-23-25-27-29-31-33-38-35-39(37-40(36-38)42-43(41,44)45)34-32-30-28-26-24-22-20-18-16-14-12-10-8-6-4-2;/h35-37H,3-34H2,1-2H3,(H2,41,44,45);/q;+2/p-2. The van der Waals surface area contributed by atoms with E-state index in [1.165, 1.54) is 204 Å². The number of hydrogen-bond donors (Lipinski definition) is 0. The van der Waals surface area contributed by atoms with Crippen LogP contribution in [0, 0.1) is 0 Å². The molecular formula is C40H73O2PS2Zn. The molecule has 0 atom stereocenters. The smallest absolute Gasteiger partial charge is 0.682 e. The topological polar surface area (TPSA) is 32.3 Å². The molecule has 0 N–H and O–H groups in total. The second-order valence-corrected chi connectivity index (χ2v) is 18.6. The van der Waals surface area contributed by atoms with Crippen molar-refractivity contribution in [1.29, 1.82) is 0 Å². The van der Waals surface area contributed by atoms with E-state index >= 15 is 0 Å². The Morgan fingerprint density at radius 3 is 0.913 bits per heavy atom. The molecule has 0 saturated carbocycles. The molecule has 1 aromatic carbocycles. The third-order valence-electron chi connectivity index (χ3n) is 9.38. The van der Waals surface area contributed by atoms with Crippen LogP contribution in [-0.4, -0.2) is 0 Å². The Bertz CT molecular complexity index is 722. The van der Waals surface area contributed by atoms with Crippen LogP contribution < -0.4 is 9.42 Å². The van der Waals surface area contributed by atoms with E-state index in [2.05, 4.69) is 19.9 Å². The van der Waals surface area contributed by atoms with Crippen LogP contribution in [-0.2, 0) is 56.8 Å². The summed E-state index contributed by atoms with van der Waals surface area (Å²) in [5.41, 5.74) is 2.55. The molecule has 0 aliphatic carbocycles. The van der Waals surface area contributed by atoms with E-state index in [1.54, 1.807) is 0 Å². The van der Waals surface area contributed by atoms with Gasteiger partial charge in [-0.05, 0) is 48.9 Å². The number of rotatable bonds is 34. The van der Waals surface area contributed by atoms with Crippen LogP contribution in [0.2, 0.25) is 0 Å². The summed E-state index contributed by atoms with van der Waals surface area (Å²) in [4.78, 5) is 12.0. The zero-order valence-electron chi connectivity index (χ0n) is 30.6. The van der Waals surface area contributed by atoms with Crippen molar-refractivity contribution in [3.63, 3.8) is 0 Å². The first-order chi connectivity index (χ1) is 21.9. The van der Waals surface area contributed by atoms with Gasteiger partial charge in [-0.1, -0.05) is 200 Å². The molecule has 0 bridgehead atoms. The molecular weight excluding hydrogens is 673 g/mol. The van der Waals surface area contributed by atoms with Crippen molar-refractivity contribution in [3.05, 3.63) is 29.3 Å². The fraction of sp³-hybridized carbons (Fsp3) is 0.850. The molecule has 6 heteroatoms. The minimum Gasteiger partial charge on any atom is -0.682 e. The molecule has 0 aliphatic heterocycles. The molecule has 0 spiro atoms. The van der Waals surface area contributed by atoms with Gasteiger partial charge < -0.3 is 33.9 Å². The summed E-state index contributed by atoms with van der Waals surface area (Å²) in [6.45, 7) is 4.58. The Morgan fingerprint density at radius 1 is 0.435 bits per heavy atom. The van der Waals surface area contributed by atoms with Crippen molar-refractivity contribution < 1.29 is 28.9 Å². The van der Waals surface area contributed by atoms with Crippen LogP contribution in [0.4, 0.5) is 0 Å². The SMILES string of the molecule is CCCCCCCCCCCCCCCCCc1cc(CCCCCCCCCCCCCCCCC)cc(O[P+]([O-])([S-])[S-])c1.[Zn+2]. The van der Waals surface area contributed by atoms with Crippen molar-refractivity contribution in [3.8, 4) is 5.75 Å². The minimum atomic E-state index is -3.39. The third-order valence-corrected chi connectivity index (χ3v) is 10.3. The van der Waals surface area contributed by atoms with Gasteiger partial charge in [0.2, 0.25) is 0 Å². The van der Waals surface area contributed by atoms with Gasteiger partial charge in [-0.3, -0.25) is 0 Å². The van der Waals surface area contributed by atoms with Gasteiger partial charge in [0.25, 0.3) is 0 Å². The van der Waals surface area contributed by atoms with Crippen LogP contribution >= 0.6 is 6.12 Å². The van der Waals surface area contributed by atoms with E-state index in [0.717, 1.165) is 12.8 Å². The second-order valence-electron chi connectivity index (χ2n) is 13.9. The van der Waals surface area contributed by atoms with Crippen LogP contribution in [0.5, 0.6) is 5.75 Å². The molecule has 0 amide bonds. The molecule has 0 heterocycles. The summed E-state index contributed by atoms with van der Waals surface area (Å²) in [6.07, 6.45) is 40.2. The fourth-order valence-electron chi connectivity index (χ4n) is 6.60. The molecule has 0 unspecified atom stereocenters. The van der Waals surface area contributed by atoms with E-state index in [-0.39, 0.29) is 19.5 Å². The fourth-order valence-corrected chi connectivity index (χ4v) is 7.48. The first kappa shape index (κ1) is 46.7. The Hall–Kier alpha value is 0.733. The average Bonchev–Trinajstić information content (AvgIpc) is 3.00. The molecule has 264 valence electrons. The van der Waals surface area contributed by atoms with Crippen molar-refractivity contribution in [2.24, 2.45) is 0 Å². The monoisotopic (exact) mass is 744 g/mol. The summed E-state index contributed by atoms with van der Waals surface area (Å²) in [7, 11) is 0. The number of hydrogen-bond acceptors (Lipinski definition) is 4. The van der Waals surface area contributed by atoms with Gasteiger partial charge in [0.15, 0.2) is 5.75 Å². The van der Waals surface area contributed by atoms with Crippen molar-refractivity contribution in [2.45, 2.75) is 219 Å². The first-order valence-corrected chi connectivity index (χ1v) is 23.4. The number of benzene rings is 1. The summed E-state index contributed by atoms with van der Waals surface area (Å²) in [5, 5.41) is 0. The molecule has 0 fully saturated rings. The number of aryl methyl sites for hydroxylation is 2. The van der Waals surface area contributed by atoms with E-state index < -0.39 is 6.12 Å². The first-order valence-electron chi connectivity index (χ1n) is 19.8. The Balaban J connectivity index is 0.0000202. The maximum Gasteiger partial charge on any atom is 2.00 e. The molecule has 46 heavy (non-hydrogen) atoms. The van der Waals surface area contributed by atoms with Crippen molar-refractivity contribution in [2.75, 3.05) is 0 Å². The van der Waals surface area contributed by atoms with Crippen molar-refractivity contribution in [1.82, 2.24) is 0 Å². The van der Waals surface area contributed by atoms with E-state index in [0.29, 0.717) is 5.75 Å².